The lowest BCUT2D eigenvalue weighted by Gasteiger charge is -2.37. The predicted molar refractivity (Wildman–Crippen MR) is 118 cm³/mol. The number of halogens is 3. The Labute approximate surface area is 193 Å². The first-order valence-corrected chi connectivity index (χ1v) is 11.0. The number of piperazine rings is 1. The molecule has 1 saturated heterocycles. The summed E-state index contributed by atoms with van der Waals surface area (Å²) in [7, 11) is 1.61. The number of hydrogen-bond acceptors (Lipinski definition) is 6. The number of furan rings is 1. The van der Waals surface area contributed by atoms with E-state index in [2.05, 4.69) is 15.3 Å². The molecule has 11 heteroatoms. The van der Waals surface area contributed by atoms with E-state index >= 15 is 0 Å². The first-order chi connectivity index (χ1) is 16.4. The number of aromatic nitrogens is 2. The van der Waals surface area contributed by atoms with Crippen LogP contribution in [0.1, 0.15) is 34.6 Å². The molecule has 2 atom stereocenters. The van der Waals surface area contributed by atoms with E-state index in [4.69, 9.17) is 9.15 Å². The molecular formula is C23H24F3N5O3. The molecule has 0 saturated carbocycles. The largest absolute Gasteiger partial charge is 0.495 e. The van der Waals surface area contributed by atoms with Crippen molar-refractivity contribution in [3.8, 4) is 5.75 Å². The summed E-state index contributed by atoms with van der Waals surface area (Å²) in [6.45, 7) is 1.99. The Kier molecular flexibility index (Phi) is 5.62. The van der Waals surface area contributed by atoms with Gasteiger partial charge in [-0.3, -0.25) is 4.79 Å². The van der Waals surface area contributed by atoms with Gasteiger partial charge in [-0.2, -0.15) is 18.3 Å². The second-order valence-electron chi connectivity index (χ2n) is 8.31. The summed E-state index contributed by atoms with van der Waals surface area (Å²) >= 11 is 0. The lowest BCUT2D eigenvalue weighted by atomic mass is 10.0. The number of nitrogens with one attached hydrogen (secondary N) is 1. The van der Waals surface area contributed by atoms with Crippen molar-refractivity contribution in [2.24, 2.45) is 0 Å². The zero-order valence-electron chi connectivity index (χ0n) is 18.5. The maximum Gasteiger partial charge on any atom is 0.410 e. The van der Waals surface area contributed by atoms with Crippen LogP contribution in [0.25, 0.3) is 0 Å². The summed E-state index contributed by atoms with van der Waals surface area (Å²) in [6, 6.07) is 8.32. The highest BCUT2D eigenvalue weighted by atomic mass is 19.4. The third kappa shape index (κ3) is 3.95. The van der Waals surface area contributed by atoms with Crippen molar-refractivity contribution in [2.45, 2.75) is 24.7 Å². The number of amides is 1. The minimum atomic E-state index is -4.52. The minimum Gasteiger partial charge on any atom is -0.495 e. The number of para-hydroxylation sites is 2. The summed E-state index contributed by atoms with van der Waals surface area (Å²) in [6.07, 6.45) is -2.16. The van der Waals surface area contributed by atoms with Crippen molar-refractivity contribution in [1.29, 1.82) is 0 Å². The van der Waals surface area contributed by atoms with Gasteiger partial charge in [0.2, 0.25) is 0 Å². The molecule has 5 rings (SSSR count). The molecule has 1 fully saturated rings. The first-order valence-electron chi connectivity index (χ1n) is 11.0. The first kappa shape index (κ1) is 22.2. The molecule has 1 N–H and O–H groups in total. The maximum absolute atomic E-state index is 13.8. The number of fused-ring (bicyclic) bond motifs is 1. The van der Waals surface area contributed by atoms with Gasteiger partial charge >= 0.3 is 6.18 Å². The van der Waals surface area contributed by atoms with Crippen LogP contribution in [0.3, 0.4) is 0 Å². The molecule has 2 aromatic heterocycles. The number of methoxy groups -OCH3 is 1. The maximum atomic E-state index is 13.8. The fourth-order valence-electron chi connectivity index (χ4n) is 4.61. The summed E-state index contributed by atoms with van der Waals surface area (Å²) in [5.41, 5.74) is 1.06. The molecule has 0 aliphatic carbocycles. The Hall–Kier alpha value is -3.63. The van der Waals surface area contributed by atoms with E-state index in [1.54, 1.807) is 24.1 Å². The number of hydrogen-bond donors (Lipinski definition) is 1. The number of rotatable bonds is 4. The molecule has 0 radical (unpaired) electrons. The highest BCUT2D eigenvalue weighted by Gasteiger charge is 2.48. The Morgan fingerprint density at radius 1 is 1.15 bits per heavy atom. The van der Waals surface area contributed by atoms with E-state index in [0.717, 1.165) is 16.1 Å². The predicted octanol–water partition coefficient (Wildman–Crippen LogP) is 4.11. The number of carbonyl (C=O) groups excluding carboxylic acids is 1. The van der Waals surface area contributed by atoms with E-state index in [1.165, 1.54) is 12.5 Å². The highest BCUT2D eigenvalue weighted by Crippen LogP contribution is 2.44. The van der Waals surface area contributed by atoms with Crippen LogP contribution in [-0.2, 0) is 0 Å². The molecule has 0 unspecified atom stereocenters. The monoisotopic (exact) mass is 475 g/mol. The summed E-state index contributed by atoms with van der Waals surface area (Å²) in [5.74, 6) is 0.839. The van der Waals surface area contributed by atoms with E-state index in [1.807, 2.05) is 24.3 Å². The number of alkyl halides is 3. The average molecular weight is 475 g/mol. The van der Waals surface area contributed by atoms with Gasteiger partial charge in [0, 0.05) is 32.6 Å². The van der Waals surface area contributed by atoms with Gasteiger partial charge in [0.1, 0.15) is 22.9 Å². The van der Waals surface area contributed by atoms with Crippen LogP contribution in [0, 0.1) is 0 Å². The summed E-state index contributed by atoms with van der Waals surface area (Å²) in [5, 5.41) is 7.00. The van der Waals surface area contributed by atoms with Crippen LogP contribution in [0.2, 0.25) is 0 Å². The van der Waals surface area contributed by atoms with Crippen molar-refractivity contribution in [2.75, 3.05) is 43.5 Å². The number of carbonyl (C=O) groups is 1. The standard InChI is InChI=1S/C23H24F3N5O3/c1-33-19-6-3-2-5-17(19)29-8-10-30(11-9-29)22(32)15-14-27-31-20(23(24,25)26)13-16(28-21(15)31)18-7-4-12-34-18/h2-7,12,14,16,20,28H,8-11,13H2,1H3/t16-,20-/m0/s1. The molecule has 2 aliphatic heterocycles. The van der Waals surface area contributed by atoms with E-state index < -0.39 is 18.3 Å². The summed E-state index contributed by atoms with van der Waals surface area (Å²) in [4.78, 5) is 17.1. The smallest absolute Gasteiger partial charge is 0.410 e. The fraction of sp³-hybridized carbons (Fsp3) is 0.391. The highest BCUT2D eigenvalue weighted by molar-refractivity contribution is 5.99. The van der Waals surface area contributed by atoms with Crippen LogP contribution >= 0.6 is 0 Å². The molecular weight excluding hydrogens is 451 g/mol. The van der Waals surface area contributed by atoms with E-state index in [0.29, 0.717) is 31.9 Å². The molecule has 4 heterocycles. The van der Waals surface area contributed by atoms with Crippen molar-refractivity contribution < 1.29 is 27.1 Å². The van der Waals surface area contributed by atoms with Crippen LogP contribution in [0.5, 0.6) is 5.75 Å². The zero-order chi connectivity index (χ0) is 23.9. The molecule has 34 heavy (non-hydrogen) atoms. The molecule has 0 bridgehead atoms. The van der Waals surface area contributed by atoms with E-state index in [9.17, 15) is 18.0 Å². The Balaban J connectivity index is 1.36. The normalized spacial score (nSPS) is 20.6. The fourth-order valence-corrected chi connectivity index (χ4v) is 4.61. The van der Waals surface area contributed by atoms with Gasteiger partial charge in [-0.25, -0.2) is 4.68 Å². The second-order valence-corrected chi connectivity index (χ2v) is 8.31. The zero-order valence-corrected chi connectivity index (χ0v) is 18.5. The minimum absolute atomic E-state index is 0.0622. The molecule has 2 aliphatic rings. The van der Waals surface area contributed by atoms with Gasteiger partial charge in [0.25, 0.3) is 5.91 Å². The molecule has 1 amide bonds. The third-order valence-electron chi connectivity index (χ3n) is 6.35. The topological polar surface area (TPSA) is 75.8 Å². The second kappa shape index (κ2) is 8.62. The quantitative estimate of drug-likeness (QED) is 0.612. The van der Waals surface area contributed by atoms with Crippen molar-refractivity contribution in [3.63, 3.8) is 0 Å². The van der Waals surface area contributed by atoms with Crippen LogP contribution in [-0.4, -0.2) is 60.1 Å². The van der Waals surface area contributed by atoms with Crippen molar-refractivity contribution in [3.05, 3.63) is 60.2 Å². The van der Waals surface area contributed by atoms with Crippen LogP contribution in [0.15, 0.2) is 53.3 Å². The van der Waals surface area contributed by atoms with Crippen LogP contribution in [0.4, 0.5) is 24.7 Å². The Morgan fingerprint density at radius 3 is 2.59 bits per heavy atom. The molecule has 0 spiro atoms. The van der Waals surface area contributed by atoms with Crippen LogP contribution < -0.4 is 15.0 Å². The number of benzene rings is 1. The molecule has 180 valence electrons. The van der Waals surface area contributed by atoms with Gasteiger partial charge < -0.3 is 24.3 Å². The van der Waals surface area contributed by atoms with Gasteiger partial charge in [0.05, 0.1) is 31.3 Å². The average Bonchev–Trinajstić information content (AvgIpc) is 3.53. The molecule has 8 nitrogen and oxygen atoms in total. The van der Waals surface area contributed by atoms with Gasteiger partial charge in [-0.1, -0.05) is 12.1 Å². The molecule has 3 aromatic rings. The Bertz CT molecular complexity index is 1150. The van der Waals surface area contributed by atoms with Gasteiger partial charge in [0.15, 0.2) is 6.04 Å². The lowest BCUT2D eigenvalue weighted by Crippen LogP contribution is -2.49. The Morgan fingerprint density at radius 2 is 1.91 bits per heavy atom. The lowest BCUT2D eigenvalue weighted by molar-refractivity contribution is -0.174. The van der Waals surface area contributed by atoms with Gasteiger partial charge in [-0.15, -0.1) is 0 Å². The van der Waals surface area contributed by atoms with Crippen molar-refractivity contribution in [1.82, 2.24) is 14.7 Å². The molecule has 1 aromatic carbocycles. The third-order valence-corrected chi connectivity index (χ3v) is 6.35. The number of nitrogens with zero attached hydrogens (tertiary/aromatic N) is 4. The van der Waals surface area contributed by atoms with Crippen molar-refractivity contribution >= 4 is 17.4 Å². The SMILES string of the molecule is COc1ccccc1N1CCN(C(=O)c2cnn3c2N[C@H](c2ccco2)C[C@H]3C(F)(F)F)CC1. The van der Waals surface area contributed by atoms with Gasteiger partial charge in [-0.05, 0) is 24.3 Å². The number of ether oxygens (including phenoxy) is 1. The summed E-state index contributed by atoms with van der Waals surface area (Å²) < 4.78 is 53.2. The van der Waals surface area contributed by atoms with E-state index in [-0.39, 0.29) is 23.7 Å². The number of anilines is 2.